The summed E-state index contributed by atoms with van der Waals surface area (Å²) in [6.45, 7) is 3.51. The maximum Gasteiger partial charge on any atom is 0.343 e. The lowest BCUT2D eigenvalue weighted by atomic mass is 10.1. The summed E-state index contributed by atoms with van der Waals surface area (Å²) in [5.74, 6) is -0.907. The van der Waals surface area contributed by atoms with Crippen LogP contribution in [0, 0.1) is 0 Å². The summed E-state index contributed by atoms with van der Waals surface area (Å²) in [7, 11) is 0. The van der Waals surface area contributed by atoms with Gasteiger partial charge in [0.05, 0.1) is 30.3 Å². The average molecular weight is 531 g/mol. The van der Waals surface area contributed by atoms with Crippen LogP contribution >= 0.6 is 23.4 Å². The highest BCUT2D eigenvalue weighted by Crippen LogP contribution is 2.35. The fraction of sp³-hybridized carbons (Fsp3) is 0.280. The second-order valence-corrected chi connectivity index (χ2v) is 9.23. The Morgan fingerprint density at radius 3 is 2.50 bits per heavy atom. The predicted molar refractivity (Wildman–Crippen MR) is 134 cm³/mol. The number of rotatable bonds is 7. The van der Waals surface area contributed by atoms with Crippen molar-refractivity contribution >= 4 is 52.5 Å². The van der Waals surface area contributed by atoms with Crippen LogP contribution in [0.1, 0.15) is 22.8 Å². The van der Waals surface area contributed by atoms with E-state index < -0.39 is 17.1 Å². The number of amides is 3. The number of halogens is 1. The first-order valence-corrected chi connectivity index (χ1v) is 12.4. The number of morpholine rings is 1. The van der Waals surface area contributed by atoms with Crippen molar-refractivity contribution < 1.29 is 33.4 Å². The topological polar surface area (TPSA) is 102 Å². The molecule has 0 bridgehead atoms. The molecule has 2 fully saturated rings. The third kappa shape index (κ3) is 6.07. The van der Waals surface area contributed by atoms with Crippen LogP contribution in [-0.2, 0) is 14.3 Å². The molecule has 2 aromatic carbocycles. The molecular weight excluding hydrogens is 508 g/mol. The van der Waals surface area contributed by atoms with Crippen molar-refractivity contribution in [3.05, 3.63) is 63.5 Å². The van der Waals surface area contributed by atoms with Gasteiger partial charge in [0, 0.05) is 18.1 Å². The molecule has 0 aliphatic carbocycles. The van der Waals surface area contributed by atoms with Crippen LogP contribution < -0.4 is 9.47 Å². The van der Waals surface area contributed by atoms with E-state index in [2.05, 4.69) is 0 Å². The highest BCUT2D eigenvalue weighted by atomic mass is 35.5. The van der Waals surface area contributed by atoms with Gasteiger partial charge in [0.15, 0.2) is 11.5 Å². The van der Waals surface area contributed by atoms with Gasteiger partial charge in [0.2, 0.25) is 5.91 Å². The van der Waals surface area contributed by atoms with Crippen molar-refractivity contribution in [2.45, 2.75) is 6.92 Å². The van der Waals surface area contributed by atoms with Gasteiger partial charge in [-0.15, -0.1) is 0 Å². The third-order valence-electron chi connectivity index (χ3n) is 5.38. The first-order chi connectivity index (χ1) is 17.4. The fourth-order valence-electron chi connectivity index (χ4n) is 3.55. The number of nitrogens with zero attached hydrogens (tertiary/aromatic N) is 2. The molecule has 3 amide bonds. The lowest BCUT2D eigenvalue weighted by Crippen LogP contribution is -2.46. The average Bonchev–Trinajstić information content (AvgIpc) is 3.13. The van der Waals surface area contributed by atoms with Crippen LogP contribution in [0.3, 0.4) is 0 Å². The summed E-state index contributed by atoms with van der Waals surface area (Å²) in [6, 6.07) is 11.1. The van der Waals surface area contributed by atoms with Crippen molar-refractivity contribution in [1.29, 1.82) is 0 Å². The first kappa shape index (κ1) is 25.7. The molecule has 188 valence electrons. The predicted octanol–water partition coefficient (Wildman–Crippen LogP) is 3.85. The molecule has 0 saturated carbocycles. The molecule has 36 heavy (non-hydrogen) atoms. The molecular formula is C25H23ClN2O7S. The largest absolute Gasteiger partial charge is 0.490 e. The van der Waals surface area contributed by atoms with E-state index in [9.17, 15) is 19.2 Å². The molecule has 0 unspecified atom stereocenters. The van der Waals surface area contributed by atoms with Gasteiger partial charge >= 0.3 is 5.97 Å². The molecule has 0 spiro atoms. The normalized spacial score (nSPS) is 17.0. The van der Waals surface area contributed by atoms with E-state index >= 15 is 0 Å². The minimum absolute atomic E-state index is 0.183. The Balaban J connectivity index is 1.48. The molecule has 2 aromatic rings. The van der Waals surface area contributed by atoms with E-state index in [-0.39, 0.29) is 23.1 Å². The monoisotopic (exact) mass is 530 g/mol. The van der Waals surface area contributed by atoms with Gasteiger partial charge in [0.1, 0.15) is 6.54 Å². The molecule has 2 heterocycles. The second kappa shape index (κ2) is 11.6. The minimum atomic E-state index is -0.577. The number of hydrogen-bond acceptors (Lipinski definition) is 8. The van der Waals surface area contributed by atoms with Gasteiger partial charge in [-0.3, -0.25) is 19.3 Å². The van der Waals surface area contributed by atoms with Crippen LogP contribution in [0.25, 0.3) is 6.08 Å². The van der Waals surface area contributed by atoms with Crippen molar-refractivity contribution in [3.63, 3.8) is 0 Å². The van der Waals surface area contributed by atoms with Gasteiger partial charge in [0.25, 0.3) is 11.1 Å². The zero-order chi connectivity index (χ0) is 25.7. The van der Waals surface area contributed by atoms with E-state index in [0.717, 1.165) is 16.7 Å². The standard InChI is InChI=1S/C25H23ClN2O7S/c1-2-34-20-13-16(3-8-19(20)35-24(31)17-4-6-18(26)7-5-17)14-21-23(30)28(25(32)36-21)15-22(29)27-9-11-33-12-10-27/h3-8,13-14H,2,9-12,15H2,1H3/b21-14-. The molecule has 4 rings (SSSR count). The smallest absolute Gasteiger partial charge is 0.343 e. The number of imide groups is 1. The second-order valence-electron chi connectivity index (χ2n) is 7.80. The van der Waals surface area contributed by atoms with Crippen LogP contribution in [0.4, 0.5) is 4.79 Å². The Hall–Kier alpha value is -3.34. The maximum absolute atomic E-state index is 12.9. The molecule has 11 heteroatoms. The summed E-state index contributed by atoms with van der Waals surface area (Å²) >= 11 is 6.63. The number of hydrogen-bond donors (Lipinski definition) is 0. The minimum Gasteiger partial charge on any atom is -0.490 e. The zero-order valence-corrected chi connectivity index (χ0v) is 21.0. The molecule has 0 aromatic heterocycles. The van der Waals surface area contributed by atoms with Gasteiger partial charge in [-0.2, -0.15) is 0 Å². The summed E-state index contributed by atoms with van der Waals surface area (Å²) < 4.78 is 16.4. The van der Waals surface area contributed by atoms with Gasteiger partial charge in [-0.25, -0.2) is 4.79 Å². The van der Waals surface area contributed by atoms with E-state index in [4.69, 9.17) is 25.8 Å². The first-order valence-electron chi connectivity index (χ1n) is 11.2. The highest BCUT2D eigenvalue weighted by molar-refractivity contribution is 8.18. The Bertz CT molecular complexity index is 1210. The van der Waals surface area contributed by atoms with Crippen LogP contribution in [0.15, 0.2) is 47.4 Å². The molecule has 2 aliphatic heterocycles. The third-order valence-corrected chi connectivity index (χ3v) is 6.54. The molecule has 2 aliphatic rings. The zero-order valence-electron chi connectivity index (χ0n) is 19.4. The van der Waals surface area contributed by atoms with Crippen LogP contribution in [0.5, 0.6) is 11.5 Å². The number of esters is 1. The lowest BCUT2D eigenvalue weighted by Gasteiger charge is -2.28. The maximum atomic E-state index is 12.9. The summed E-state index contributed by atoms with van der Waals surface area (Å²) in [6.07, 6.45) is 1.54. The Morgan fingerprint density at radius 2 is 1.81 bits per heavy atom. The quantitative estimate of drug-likeness (QED) is 0.302. The van der Waals surface area contributed by atoms with Crippen molar-refractivity contribution in [2.24, 2.45) is 0 Å². The number of carbonyl (C=O) groups is 4. The number of carbonyl (C=O) groups excluding carboxylic acids is 4. The van der Waals surface area contributed by atoms with Crippen LogP contribution in [0.2, 0.25) is 5.02 Å². The van der Waals surface area contributed by atoms with Crippen molar-refractivity contribution in [1.82, 2.24) is 9.80 Å². The number of benzene rings is 2. The SMILES string of the molecule is CCOc1cc(/C=C2\SC(=O)N(CC(=O)N3CCOCC3)C2=O)ccc1OC(=O)c1ccc(Cl)cc1. The van der Waals surface area contributed by atoms with Gasteiger partial charge < -0.3 is 19.1 Å². The summed E-state index contributed by atoms with van der Waals surface area (Å²) in [5.41, 5.74) is 0.890. The molecule has 0 N–H and O–H groups in total. The Morgan fingerprint density at radius 1 is 1.08 bits per heavy atom. The number of thioether (sulfide) groups is 1. The highest BCUT2D eigenvalue weighted by Gasteiger charge is 2.37. The fourth-order valence-corrected chi connectivity index (χ4v) is 4.51. The number of ether oxygens (including phenoxy) is 3. The molecule has 2 saturated heterocycles. The molecule has 9 nitrogen and oxygen atoms in total. The van der Waals surface area contributed by atoms with Gasteiger partial charge in [-0.05, 0) is 66.7 Å². The molecule has 0 radical (unpaired) electrons. The van der Waals surface area contributed by atoms with E-state index in [1.165, 1.54) is 6.08 Å². The summed E-state index contributed by atoms with van der Waals surface area (Å²) in [4.78, 5) is 53.0. The van der Waals surface area contributed by atoms with Gasteiger partial charge in [-0.1, -0.05) is 17.7 Å². The molecule has 0 atom stereocenters. The van der Waals surface area contributed by atoms with Crippen molar-refractivity contribution in [2.75, 3.05) is 39.5 Å². The van der Waals surface area contributed by atoms with Crippen LogP contribution in [-0.4, -0.2) is 72.3 Å². The van der Waals surface area contributed by atoms with Crippen molar-refractivity contribution in [3.8, 4) is 11.5 Å². The lowest BCUT2D eigenvalue weighted by molar-refractivity contribution is -0.139. The summed E-state index contributed by atoms with van der Waals surface area (Å²) in [5, 5.41) is -0.00723. The van der Waals surface area contributed by atoms with E-state index in [0.29, 0.717) is 54.8 Å². The Kier molecular flexibility index (Phi) is 8.29. The van der Waals surface area contributed by atoms with E-state index in [1.54, 1.807) is 54.3 Å². The van der Waals surface area contributed by atoms with E-state index in [1.807, 2.05) is 0 Å². The Labute approximate surface area is 216 Å².